The lowest BCUT2D eigenvalue weighted by Gasteiger charge is -2.12. The van der Waals surface area contributed by atoms with Gasteiger partial charge in [-0.3, -0.25) is 0 Å². The predicted molar refractivity (Wildman–Crippen MR) is 95.8 cm³/mol. The van der Waals surface area contributed by atoms with Gasteiger partial charge in [-0.25, -0.2) is 0 Å². The van der Waals surface area contributed by atoms with Crippen LogP contribution in [0.2, 0.25) is 0 Å². The fourth-order valence-electron chi connectivity index (χ4n) is 3.77. The first-order valence-corrected chi connectivity index (χ1v) is 8.25. The van der Waals surface area contributed by atoms with E-state index in [1.165, 1.54) is 39.0 Å². The number of allylic oxidation sites excluding steroid dienone is 2. The normalized spacial score (nSPS) is 15.6. The molecule has 0 bridgehead atoms. The number of hydrogen-bond donors (Lipinski definition) is 0. The summed E-state index contributed by atoms with van der Waals surface area (Å²) < 4.78 is 0. The van der Waals surface area contributed by atoms with Crippen LogP contribution in [0.1, 0.15) is 43.0 Å². The van der Waals surface area contributed by atoms with Crippen molar-refractivity contribution in [2.45, 2.75) is 33.6 Å². The lowest BCUT2D eigenvalue weighted by molar-refractivity contribution is 0.754. The Morgan fingerprint density at radius 1 is 0.773 bits per heavy atom. The minimum Gasteiger partial charge on any atom is -0.0683 e. The second-order valence-electron chi connectivity index (χ2n) is 6.97. The Kier molecular flexibility index (Phi) is 3.07. The quantitative estimate of drug-likeness (QED) is 0.644. The summed E-state index contributed by atoms with van der Waals surface area (Å²) in [5.41, 5.74) is 11.6. The van der Waals surface area contributed by atoms with E-state index in [9.17, 15) is 0 Å². The van der Waals surface area contributed by atoms with Gasteiger partial charge in [0.15, 0.2) is 0 Å². The first kappa shape index (κ1) is 13.6. The van der Waals surface area contributed by atoms with E-state index in [2.05, 4.69) is 69.3 Å². The van der Waals surface area contributed by atoms with Crippen LogP contribution in [-0.2, 0) is 12.8 Å². The van der Waals surface area contributed by atoms with Crippen LogP contribution in [0.15, 0.2) is 47.5 Å². The van der Waals surface area contributed by atoms with Crippen molar-refractivity contribution in [3.05, 3.63) is 69.8 Å². The Morgan fingerprint density at radius 2 is 1.36 bits per heavy atom. The van der Waals surface area contributed by atoms with Crippen LogP contribution in [-0.4, -0.2) is 0 Å². The highest BCUT2D eigenvalue weighted by Gasteiger charge is 2.21. The third-order valence-electron chi connectivity index (χ3n) is 5.01. The number of fused-ring (bicyclic) bond motifs is 2. The third kappa shape index (κ3) is 2.06. The molecule has 2 aromatic carbocycles. The van der Waals surface area contributed by atoms with Crippen molar-refractivity contribution in [2.75, 3.05) is 0 Å². The van der Waals surface area contributed by atoms with Gasteiger partial charge in [0.25, 0.3) is 0 Å². The molecule has 0 saturated carbocycles. The highest BCUT2D eigenvalue weighted by molar-refractivity contribution is 5.87. The van der Waals surface area contributed by atoms with Gasteiger partial charge in [-0.1, -0.05) is 73.5 Å². The maximum Gasteiger partial charge on any atom is -0.00550 e. The molecule has 0 N–H and O–H groups in total. The molecule has 0 saturated heterocycles. The lowest BCUT2D eigenvalue weighted by atomic mass is 9.92. The molecule has 22 heavy (non-hydrogen) atoms. The van der Waals surface area contributed by atoms with Crippen molar-refractivity contribution in [3.8, 4) is 11.1 Å². The summed E-state index contributed by atoms with van der Waals surface area (Å²) in [5.74, 6) is 0.629. The molecule has 0 heteroatoms. The topological polar surface area (TPSA) is 0 Å². The Labute approximate surface area is 133 Å². The smallest absolute Gasteiger partial charge is 0.00550 e. The molecule has 2 aromatic rings. The van der Waals surface area contributed by atoms with E-state index in [1.807, 2.05) is 0 Å². The van der Waals surface area contributed by atoms with Crippen molar-refractivity contribution in [2.24, 2.45) is 5.92 Å². The molecule has 2 aliphatic rings. The minimum atomic E-state index is 0.629. The molecule has 4 rings (SSSR count). The van der Waals surface area contributed by atoms with E-state index >= 15 is 0 Å². The van der Waals surface area contributed by atoms with E-state index in [0.717, 1.165) is 12.8 Å². The van der Waals surface area contributed by atoms with Gasteiger partial charge in [-0.2, -0.15) is 0 Å². The van der Waals surface area contributed by atoms with Crippen LogP contribution in [0.4, 0.5) is 0 Å². The number of benzene rings is 2. The highest BCUT2D eigenvalue weighted by atomic mass is 14.2. The van der Waals surface area contributed by atoms with Crippen molar-refractivity contribution in [3.63, 3.8) is 0 Å². The summed E-state index contributed by atoms with van der Waals surface area (Å²) in [5, 5.41) is 0. The highest BCUT2D eigenvalue weighted by Crippen LogP contribution is 2.40. The molecule has 110 valence electrons. The zero-order chi connectivity index (χ0) is 15.3. The maximum absolute atomic E-state index is 2.43. The average Bonchev–Trinajstić information content (AvgIpc) is 3.08. The van der Waals surface area contributed by atoms with Crippen molar-refractivity contribution >= 4 is 12.2 Å². The predicted octanol–water partition coefficient (Wildman–Crippen LogP) is 5.91. The molecule has 0 unspecified atom stereocenters. The summed E-state index contributed by atoms with van der Waals surface area (Å²) >= 11 is 0. The molecule has 0 heterocycles. The fraction of sp³-hybridized carbons (Fsp3) is 0.273. The molecule has 0 radical (unpaired) electrons. The molecule has 0 amide bonds. The summed E-state index contributed by atoms with van der Waals surface area (Å²) in [6.45, 7) is 6.82. The Balaban J connectivity index is 1.91. The molecular formula is C22H22. The van der Waals surface area contributed by atoms with Crippen LogP contribution in [0.25, 0.3) is 23.3 Å². The summed E-state index contributed by atoms with van der Waals surface area (Å²) in [7, 11) is 0. The van der Waals surface area contributed by atoms with Gasteiger partial charge in [0.05, 0.1) is 0 Å². The first-order chi connectivity index (χ1) is 10.6. The Bertz CT molecular complexity index is 816. The summed E-state index contributed by atoms with van der Waals surface area (Å²) in [6, 6.07) is 13.6. The zero-order valence-electron chi connectivity index (χ0n) is 13.6. The van der Waals surface area contributed by atoms with E-state index in [0.29, 0.717) is 5.92 Å². The molecule has 2 aliphatic carbocycles. The van der Waals surface area contributed by atoms with E-state index in [-0.39, 0.29) is 0 Å². The lowest BCUT2D eigenvalue weighted by Crippen LogP contribution is -1.93. The van der Waals surface area contributed by atoms with E-state index in [1.54, 1.807) is 5.57 Å². The molecule has 0 spiro atoms. The largest absolute Gasteiger partial charge is 0.0683 e. The number of hydrogen-bond acceptors (Lipinski definition) is 0. The van der Waals surface area contributed by atoms with Crippen LogP contribution in [0.5, 0.6) is 0 Å². The van der Waals surface area contributed by atoms with Crippen LogP contribution in [0, 0.1) is 5.92 Å². The molecule has 0 nitrogen and oxygen atoms in total. The standard InChI is InChI=1S/C22H22/c1-14(2)18-12-17-7-5-9-20(22(17)13-18)19-8-4-6-16-10-15(3)11-21(16)19/h4-9,11,13-14H,10,12H2,1-3H3. The van der Waals surface area contributed by atoms with Gasteiger partial charge in [0, 0.05) is 0 Å². The molecule has 0 aromatic heterocycles. The van der Waals surface area contributed by atoms with Gasteiger partial charge < -0.3 is 0 Å². The van der Waals surface area contributed by atoms with Crippen molar-refractivity contribution < 1.29 is 0 Å². The number of rotatable bonds is 2. The Morgan fingerprint density at radius 3 is 2.00 bits per heavy atom. The summed E-state index contributed by atoms with van der Waals surface area (Å²) in [6.07, 6.45) is 7.02. The van der Waals surface area contributed by atoms with Crippen LogP contribution < -0.4 is 0 Å². The van der Waals surface area contributed by atoms with Gasteiger partial charge >= 0.3 is 0 Å². The fourth-order valence-corrected chi connectivity index (χ4v) is 3.77. The van der Waals surface area contributed by atoms with Gasteiger partial charge in [0.1, 0.15) is 0 Å². The monoisotopic (exact) mass is 286 g/mol. The van der Waals surface area contributed by atoms with Gasteiger partial charge in [-0.05, 0) is 59.1 Å². The Hall–Kier alpha value is -2.08. The molecular weight excluding hydrogens is 264 g/mol. The van der Waals surface area contributed by atoms with E-state index < -0.39 is 0 Å². The van der Waals surface area contributed by atoms with Crippen LogP contribution >= 0.6 is 0 Å². The first-order valence-electron chi connectivity index (χ1n) is 8.25. The average molecular weight is 286 g/mol. The molecule has 0 aliphatic heterocycles. The third-order valence-corrected chi connectivity index (χ3v) is 5.01. The second kappa shape index (κ2) is 4.98. The van der Waals surface area contributed by atoms with Crippen molar-refractivity contribution in [1.82, 2.24) is 0 Å². The SMILES string of the molecule is CC1=Cc2c(cccc2-c2cccc3c2C=C(C(C)C)C3)C1. The van der Waals surface area contributed by atoms with Gasteiger partial charge in [0.2, 0.25) is 0 Å². The molecule has 0 fully saturated rings. The minimum absolute atomic E-state index is 0.629. The molecule has 0 atom stereocenters. The second-order valence-corrected chi connectivity index (χ2v) is 6.97. The van der Waals surface area contributed by atoms with Gasteiger partial charge in [-0.15, -0.1) is 0 Å². The van der Waals surface area contributed by atoms with Crippen LogP contribution in [0.3, 0.4) is 0 Å². The maximum atomic E-state index is 2.43. The van der Waals surface area contributed by atoms with E-state index in [4.69, 9.17) is 0 Å². The zero-order valence-corrected chi connectivity index (χ0v) is 13.6. The summed E-state index contributed by atoms with van der Waals surface area (Å²) in [4.78, 5) is 0. The van der Waals surface area contributed by atoms with Crippen molar-refractivity contribution in [1.29, 1.82) is 0 Å².